The minimum atomic E-state index is -4.16. The first kappa shape index (κ1) is 19.4. The van der Waals surface area contributed by atoms with Gasteiger partial charge < -0.3 is 40.9 Å². The van der Waals surface area contributed by atoms with Gasteiger partial charge in [-0.1, -0.05) is 0 Å². The lowest BCUT2D eigenvalue weighted by Gasteiger charge is -2.39. The number of hydrogen-bond donors (Lipinski definition) is 6. The molecule has 24 heavy (non-hydrogen) atoms. The molecule has 0 aliphatic carbocycles. The Morgan fingerprint density at radius 2 is 2.08 bits per heavy atom. The number of carbonyl (C=O) groups excluding carboxylic acids is 1. The van der Waals surface area contributed by atoms with Crippen LogP contribution in [-0.4, -0.2) is 98.2 Å². The Morgan fingerprint density at radius 3 is 2.67 bits per heavy atom. The molecule has 2 fully saturated rings. The molecule has 0 aromatic heterocycles. The molecule has 11 heteroatoms. The molecule has 2 saturated heterocycles. The molecule has 0 spiro atoms. The molecule has 1 unspecified atom stereocenters. The number of rotatable bonds is 5. The highest BCUT2D eigenvalue weighted by atomic mass is 19.3. The van der Waals surface area contributed by atoms with E-state index in [9.17, 15) is 34.0 Å². The first-order valence-electron chi connectivity index (χ1n) is 7.52. The van der Waals surface area contributed by atoms with Crippen LogP contribution in [0.25, 0.3) is 0 Å². The van der Waals surface area contributed by atoms with E-state index in [0.717, 1.165) is 4.90 Å². The Morgan fingerprint density at radius 1 is 1.46 bits per heavy atom. The maximum atomic E-state index is 14.5. The summed E-state index contributed by atoms with van der Waals surface area (Å²) in [4.78, 5) is 12.6. The molecule has 0 aromatic rings. The Labute approximate surface area is 136 Å². The number of aliphatic hydroxyl groups excluding tert-OH is 4. The molecule has 9 nitrogen and oxygen atoms in total. The van der Waals surface area contributed by atoms with Gasteiger partial charge in [0.1, 0.15) is 24.4 Å². The molecule has 1 amide bonds. The van der Waals surface area contributed by atoms with Crippen molar-refractivity contribution >= 4 is 5.91 Å². The van der Waals surface area contributed by atoms with Crippen LogP contribution >= 0.6 is 0 Å². The third-order valence-electron chi connectivity index (χ3n) is 4.43. The summed E-state index contributed by atoms with van der Waals surface area (Å²) >= 11 is 0. The molecule has 0 saturated carbocycles. The van der Waals surface area contributed by atoms with E-state index in [0.29, 0.717) is 12.8 Å². The Balaban J connectivity index is 2.19. The normalized spacial score (nSPS) is 39.3. The molecule has 6 atom stereocenters. The van der Waals surface area contributed by atoms with Gasteiger partial charge >= 0.3 is 5.92 Å². The maximum Gasteiger partial charge on any atom is 0.320 e. The average molecular weight is 356 g/mol. The summed E-state index contributed by atoms with van der Waals surface area (Å²) in [5.41, 5.74) is 5.52. The molecule has 7 N–H and O–H groups in total. The van der Waals surface area contributed by atoms with Crippen LogP contribution < -0.4 is 5.73 Å². The fraction of sp³-hybridized carbons (Fsp3) is 0.923. The van der Waals surface area contributed by atoms with Gasteiger partial charge in [0, 0.05) is 6.54 Å². The van der Waals surface area contributed by atoms with Crippen molar-refractivity contribution in [3.05, 3.63) is 0 Å². The van der Waals surface area contributed by atoms with Crippen molar-refractivity contribution < 1.29 is 43.8 Å². The number of ether oxygens (including phenoxy) is 1. The third-order valence-corrected chi connectivity index (χ3v) is 4.43. The molecule has 0 radical (unpaired) electrons. The van der Waals surface area contributed by atoms with E-state index in [2.05, 4.69) is 4.74 Å². The monoisotopic (exact) mass is 356 g/mol. The van der Waals surface area contributed by atoms with E-state index in [1.165, 1.54) is 0 Å². The number of nitrogens with two attached hydrogens (primary N) is 1. The first-order chi connectivity index (χ1) is 11.0. The van der Waals surface area contributed by atoms with Gasteiger partial charge in [-0.05, 0) is 12.8 Å². The smallest absolute Gasteiger partial charge is 0.320 e. The molecular weight excluding hydrogens is 334 g/mol. The number of amides is 1. The molecule has 2 heterocycles. The van der Waals surface area contributed by atoms with Gasteiger partial charge in [0.15, 0.2) is 0 Å². The van der Waals surface area contributed by atoms with Gasteiger partial charge in [0.2, 0.25) is 5.91 Å². The lowest BCUT2D eigenvalue weighted by Crippen LogP contribution is -2.63. The summed E-state index contributed by atoms with van der Waals surface area (Å²) in [7, 11) is 0. The van der Waals surface area contributed by atoms with Crippen LogP contribution in [0.5, 0.6) is 0 Å². The third kappa shape index (κ3) is 3.12. The average Bonchev–Trinajstić information content (AvgIpc) is 2.77. The lowest BCUT2D eigenvalue weighted by atomic mass is 9.96. The highest BCUT2D eigenvalue weighted by Crippen LogP contribution is 2.42. The molecule has 2 aliphatic heterocycles. The second-order valence-electron chi connectivity index (χ2n) is 6.18. The number of aliphatic hydroxyl groups is 5. The number of likely N-dealkylation sites (tertiary alicyclic amines) is 1. The molecule has 0 bridgehead atoms. The van der Waals surface area contributed by atoms with Gasteiger partial charge in [-0.3, -0.25) is 4.79 Å². The van der Waals surface area contributed by atoms with E-state index >= 15 is 0 Å². The summed E-state index contributed by atoms with van der Waals surface area (Å²) in [5, 5.41) is 47.9. The minimum absolute atomic E-state index is 0.000451. The van der Waals surface area contributed by atoms with Gasteiger partial charge in [0.25, 0.3) is 5.79 Å². The summed E-state index contributed by atoms with van der Waals surface area (Å²) in [6.07, 6.45) is -7.35. The highest BCUT2D eigenvalue weighted by molar-refractivity contribution is 5.82. The van der Waals surface area contributed by atoms with Gasteiger partial charge in [-0.2, -0.15) is 8.78 Å². The second kappa shape index (κ2) is 6.75. The van der Waals surface area contributed by atoms with E-state index in [1.807, 2.05) is 0 Å². The van der Waals surface area contributed by atoms with Crippen LogP contribution in [0.1, 0.15) is 12.8 Å². The maximum absolute atomic E-state index is 14.5. The van der Waals surface area contributed by atoms with Crippen LogP contribution in [0.15, 0.2) is 0 Å². The predicted octanol–water partition coefficient (Wildman–Crippen LogP) is -3.27. The van der Waals surface area contributed by atoms with Crippen molar-refractivity contribution in [1.29, 1.82) is 0 Å². The summed E-state index contributed by atoms with van der Waals surface area (Å²) in [5.74, 6) is -8.41. The summed E-state index contributed by atoms with van der Waals surface area (Å²) in [6, 6.07) is -0.923. The van der Waals surface area contributed by atoms with Crippen LogP contribution in [0.4, 0.5) is 8.78 Å². The Hall–Kier alpha value is -0.950. The molecule has 140 valence electrons. The molecular formula is C13H22F2N2O7. The van der Waals surface area contributed by atoms with Crippen LogP contribution in [-0.2, 0) is 9.53 Å². The lowest BCUT2D eigenvalue weighted by molar-refractivity contribution is -0.339. The van der Waals surface area contributed by atoms with E-state index in [1.54, 1.807) is 0 Å². The predicted molar refractivity (Wildman–Crippen MR) is 73.7 cm³/mol. The van der Waals surface area contributed by atoms with Crippen LogP contribution in [0.3, 0.4) is 0 Å². The number of carbonyl (C=O) groups is 1. The molecule has 2 aliphatic rings. The molecule has 0 aromatic carbocycles. The van der Waals surface area contributed by atoms with Crippen molar-refractivity contribution in [3.8, 4) is 0 Å². The second-order valence-corrected chi connectivity index (χ2v) is 6.18. The number of hydrogen-bond acceptors (Lipinski definition) is 8. The minimum Gasteiger partial charge on any atom is -0.394 e. The molecule has 2 rings (SSSR count). The van der Waals surface area contributed by atoms with Gasteiger partial charge in [-0.15, -0.1) is 0 Å². The quantitative estimate of drug-likeness (QED) is 0.300. The number of nitrogens with zero attached hydrogens (tertiary/aromatic N) is 1. The largest absolute Gasteiger partial charge is 0.394 e. The van der Waals surface area contributed by atoms with Crippen molar-refractivity contribution in [2.75, 3.05) is 19.7 Å². The van der Waals surface area contributed by atoms with Crippen molar-refractivity contribution in [2.45, 2.75) is 55.0 Å². The first-order valence-corrected chi connectivity index (χ1v) is 7.52. The SMILES string of the molecule is N[C@H]1CCCN(CC(F)(F)[C@]2(O)O[C@@H](C(O)CO)[C@H](O)[C@H]2O)C1=O. The zero-order valence-electron chi connectivity index (χ0n) is 12.8. The fourth-order valence-electron chi connectivity index (χ4n) is 2.95. The fourth-order valence-corrected chi connectivity index (χ4v) is 2.95. The highest BCUT2D eigenvalue weighted by Gasteiger charge is 2.68. The van der Waals surface area contributed by atoms with Crippen LogP contribution in [0.2, 0.25) is 0 Å². The summed E-state index contributed by atoms with van der Waals surface area (Å²) in [6.45, 7) is -2.21. The zero-order chi connectivity index (χ0) is 18.3. The standard InChI is InChI=1S/C13H22F2N2O7/c14-12(15,5-17-3-1-2-6(16)11(17)22)13(23)10(21)8(20)9(24-13)7(19)4-18/h6-10,18-21,23H,1-5,16H2/t6-,7?,8-,9-,10+,13+/m0/s1. The Kier molecular flexibility index (Phi) is 5.45. The topological polar surface area (TPSA) is 157 Å². The van der Waals surface area contributed by atoms with E-state index < -0.39 is 61.2 Å². The zero-order valence-corrected chi connectivity index (χ0v) is 12.8. The van der Waals surface area contributed by atoms with Crippen LogP contribution in [0, 0.1) is 0 Å². The number of alkyl halides is 2. The summed E-state index contributed by atoms with van der Waals surface area (Å²) < 4.78 is 33.7. The van der Waals surface area contributed by atoms with Crippen molar-refractivity contribution in [1.82, 2.24) is 4.90 Å². The number of halogens is 2. The van der Waals surface area contributed by atoms with E-state index in [4.69, 9.17) is 10.8 Å². The number of piperidine rings is 1. The van der Waals surface area contributed by atoms with Gasteiger partial charge in [0.05, 0.1) is 19.2 Å². The van der Waals surface area contributed by atoms with E-state index in [-0.39, 0.29) is 6.54 Å². The van der Waals surface area contributed by atoms with Crippen molar-refractivity contribution in [3.63, 3.8) is 0 Å². The van der Waals surface area contributed by atoms with Crippen molar-refractivity contribution in [2.24, 2.45) is 5.73 Å². The Bertz CT molecular complexity index is 483. The van der Waals surface area contributed by atoms with Gasteiger partial charge in [-0.25, -0.2) is 0 Å².